The van der Waals surface area contributed by atoms with Crippen molar-refractivity contribution in [1.29, 1.82) is 0 Å². The maximum Gasteiger partial charge on any atom is 0.312 e. The van der Waals surface area contributed by atoms with Crippen molar-refractivity contribution in [2.75, 3.05) is 18.0 Å². The molecule has 1 aliphatic rings. The molecule has 124 valence electrons. The molecule has 1 aromatic rings. The van der Waals surface area contributed by atoms with Gasteiger partial charge in [-0.1, -0.05) is 39.0 Å². The van der Waals surface area contributed by atoms with Crippen LogP contribution in [0.3, 0.4) is 0 Å². The van der Waals surface area contributed by atoms with Crippen LogP contribution in [0.15, 0.2) is 24.3 Å². The zero-order valence-corrected chi connectivity index (χ0v) is 13.6. The van der Waals surface area contributed by atoms with E-state index in [2.05, 4.69) is 5.32 Å². The predicted molar refractivity (Wildman–Crippen MR) is 86.3 cm³/mol. The summed E-state index contributed by atoms with van der Waals surface area (Å²) in [5.74, 6) is -2.17. The fraction of sp³-hybridized carbons (Fsp3) is 0.471. The van der Waals surface area contributed by atoms with Gasteiger partial charge in [-0.05, 0) is 17.0 Å². The first-order valence-electron chi connectivity index (χ1n) is 7.58. The molecular weight excluding hydrogens is 296 g/mol. The summed E-state index contributed by atoms with van der Waals surface area (Å²) in [6.07, 6.45) is 0.328. The van der Waals surface area contributed by atoms with Crippen molar-refractivity contribution in [3.63, 3.8) is 0 Å². The summed E-state index contributed by atoms with van der Waals surface area (Å²) in [7, 11) is 0. The normalized spacial score (nSPS) is 16.8. The number of hydrogen-bond acceptors (Lipinski definition) is 3. The van der Waals surface area contributed by atoms with E-state index in [1.165, 1.54) is 4.90 Å². The van der Waals surface area contributed by atoms with Crippen LogP contribution >= 0.6 is 0 Å². The first-order valence-corrected chi connectivity index (χ1v) is 7.58. The fourth-order valence-corrected chi connectivity index (χ4v) is 2.67. The van der Waals surface area contributed by atoms with Crippen LogP contribution in [0.4, 0.5) is 5.69 Å². The van der Waals surface area contributed by atoms with Crippen LogP contribution in [0, 0.1) is 5.41 Å². The third-order valence-corrected chi connectivity index (χ3v) is 3.69. The third kappa shape index (κ3) is 4.09. The minimum absolute atomic E-state index is 0.0999. The molecule has 0 aromatic heterocycles. The number of carbonyl (C=O) groups is 3. The molecule has 0 bridgehead atoms. The van der Waals surface area contributed by atoms with E-state index in [-0.39, 0.29) is 30.3 Å². The number of aliphatic carboxylic acids is 1. The number of para-hydroxylation sites is 1. The highest BCUT2D eigenvalue weighted by atomic mass is 16.4. The van der Waals surface area contributed by atoms with Crippen LogP contribution in [0.5, 0.6) is 0 Å². The lowest BCUT2D eigenvalue weighted by atomic mass is 9.92. The maximum absolute atomic E-state index is 12.4. The number of nitrogens with one attached hydrogen (secondary N) is 1. The molecule has 2 amide bonds. The lowest BCUT2D eigenvalue weighted by Gasteiger charge is -2.20. The molecule has 0 spiro atoms. The Morgan fingerprint density at radius 1 is 1.26 bits per heavy atom. The Balaban J connectivity index is 2.04. The number of carboxylic acids is 1. The summed E-state index contributed by atoms with van der Waals surface area (Å²) in [6.45, 7) is 5.81. The van der Waals surface area contributed by atoms with Crippen molar-refractivity contribution in [2.24, 2.45) is 5.41 Å². The lowest BCUT2D eigenvalue weighted by molar-refractivity contribution is -0.138. The molecule has 1 heterocycles. The van der Waals surface area contributed by atoms with E-state index < -0.39 is 11.9 Å². The highest BCUT2D eigenvalue weighted by Crippen LogP contribution is 2.36. The highest BCUT2D eigenvalue weighted by Gasteiger charge is 2.36. The van der Waals surface area contributed by atoms with Gasteiger partial charge in [0.25, 0.3) is 0 Å². The second-order valence-corrected chi connectivity index (χ2v) is 6.97. The number of hydrogen-bond donors (Lipinski definition) is 2. The van der Waals surface area contributed by atoms with Crippen LogP contribution in [-0.2, 0) is 14.4 Å². The zero-order chi connectivity index (χ0) is 17.2. The number of carbonyl (C=O) groups excluding carboxylic acids is 2. The van der Waals surface area contributed by atoms with E-state index in [4.69, 9.17) is 0 Å². The molecule has 0 saturated carbocycles. The fourth-order valence-electron chi connectivity index (χ4n) is 2.67. The van der Waals surface area contributed by atoms with E-state index in [0.29, 0.717) is 17.7 Å². The van der Waals surface area contributed by atoms with Gasteiger partial charge in [0.05, 0.1) is 6.54 Å². The smallest absolute Gasteiger partial charge is 0.312 e. The number of nitrogens with zero attached hydrogens (tertiary/aromatic N) is 1. The lowest BCUT2D eigenvalue weighted by Crippen LogP contribution is -2.41. The standard InChI is InChI=1S/C17H22N2O4/c1-17(2,3)8-14(20)18-9-15(21)19-10-12(16(22)23)11-6-4-5-7-13(11)19/h4-7,12H,8-10H2,1-3H3,(H,18,20)(H,22,23). The molecule has 6 nitrogen and oxygen atoms in total. The average molecular weight is 318 g/mol. The van der Waals surface area contributed by atoms with E-state index in [1.807, 2.05) is 20.8 Å². The molecule has 0 radical (unpaired) electrons. The molecule has 2 rings (SSSR count). The second-order valence-electron chi connectivity index (χ2n) is 6.97. The van der Waals surface area contributed by atoms with Crippen LogP contribution in [-0.4, -0.2) is 36.0 Å². The molecule has 6 heteroatoms. The minimum atomic E-state index is -0.954. The number of benzene rings is 1. The molecule has 0 aliphatic carbocycles. The summed E-state index contributed by atoms with van der Waals surface area (Å²) in [5, 5.41) is 11.9. The van der Waals surface area contributed by atoms with E-state index in [1.54, 1.807) is 24.3 Å². The van der Waals surface area contributed by atoms with Crippen LogP contribution in [0.2, 0.25) is 0 Å². The number of amides is 2. The predicted octanol–water partition coefficient (Wildman–Crippen LogP) is 1.75. The van der Waals surface area contributed by atoms with Crippen molar-refractivity contribution in [1.82, 2.24) is 5.32 Å². The van der Waals surface area contributed by atoms with Crippen LogP contribution in [0.1, 0.15) is 38.7 Å². The van der Waals surface area contributed by atoms with E-state index >= 15 is 0 Å². The molecule has 23 heavy (non-hydrogen) atoms. The third-order valence-electron chi connectivity index (χ3n) is 3.69. The van der Waals surface area contributed by atoms with Gasteiger partial charge in [0.2, 0.25) is 11.8 Å². The van der Waals surface area contributed by atoms with Crippen molar-refractivity contribution in [3.05, 3.63) is 29.8 Å². The summed E-state index contributed by atoms with van der Waals surface area (Å²) >= 11 is 0. The van der Waals surface area contributed by atoms with Gasteiger partial charge < -0.3 is 15.3 Å². The molecule has 0 fully saturated rings. The van der Waals surface area contributed by atoms with Crippen molar-refractivity contribution >= 4 is 23.5 Å². The zero-order valence-electron chi connectivity index (χ0n) is 13.6. The molecule has 0 saturated heterocycles. The van der Waals surface area contributed by atoms with Gasteiger partial charge in [-0.2, -0.15) is 0 Å². The number of fused-ring (bicyclic) bond motifs is 1. The van der Waals surface area contributed by atoms with Crippen molar-refractivity contribution in [3.8, 4) is 0 Å². The molecule has 1 aromatic carbocycles. The SMILES string of the molecule is CC(C)(C)CC(=O)NCC(=O)N1CC(C(=O)O)c2ccccc21. The second kappa shape index (κ2) is 6.40. The van der Waals surface area contributed by atoms with E-state index in [0.717, 1.165) is 0 Å². The minimum Gasteiger partial charge on any atom is -0.481 e. The van der Waals surface area contributed by atoms with Crippen LogP contribution < -0.4 is 10.2 Å². The first-order chi connectivity index (χ1) is 10.7. The Kier molecular flexibility index (Phi) is 4.73. The van der Waals surface area contributed by atoms with Crippen molar-refractivity contribution < 1.29 is 19.5 Å². The number of carboxylic acid groups (broad SMARTS) is 1. The molecule has 1 unspecified atom stereocenters. The van der Waals surface area contributed by atoms with Gasteiger partial charge >= 0.3 is 5.97 Å². The quantitative estimate of drug-likeness (QED) is 0.885. The van der Waals surface area contributed by atoms with Gasteiger partial charge in [0.15, 0.2) is 0 Å². The topological polar surface area (TPSA) is 86.7 Å². The van der Waals surface area contributed by atoms with E-state index in [9.17, 15) is 19.5 Å². The number of anilines is 1. The summed E-state index contributed by atoms with van der Waals surface area (Å²) in [6, 6.07) is 6.97. The highest BCUT2D eigenvalue weighted by molar-refractivity contribution is 6.01. The monoisotopic (exact) mass is 318 g/mol. The summed E-state index contributed by atoms with van der Waals surface area (Å²) in [5.41, 5.74) is 1.09. The van der Waals surface area contributed by atoms with Crippen LogP contribution in [0.25, 0.3) is 0 Å². The van der Waals surface area contributed by atoms with Gasteiger partial charge in [-0.3, -0.25) is 14.4 Å². The maximum atomic E-state index is 12.4. The molecule has 1 atom stereocenters. The number of rotatable bonds is 4. The molecular formula is C17H22N2O4. The Bertz CT molecular complexity index is 634. The summed E-state index contributed by atoms with van der Waals surface area (Å²) < 4.78 is 0. The first kappa shape index (κ1) is 17.0. The Morgan fingerprint density at radius 2 is 1.91 bits per heavy atom. The Labute approximate surface area is 135 Å². The van der Waals surface area contributed by atoms with Gasteiger partial charge in [-0.15, -0.1) is 0 Å². The largest absolute Gasteiger partial charge is 0.481 e. The Morgan fingerprint density at radius 3 is 2.52 bits per heavy atom. The van der Waals surface area contributed by atoms with Gasteiger partial charge in [0.1, 0.15) is 5.92 Å². The van der Waals surface area contributed by atoms with Crippen molar-refractivity contribution in [2.45, 2.75) is 33.1 Å². The van der Waals surface area contributed by atoms with Gasteiger partial charge in [0, 0.05) is 18.7 Å². The average Bonchev–Trinajstić information content (AvgIpc) is 2.83. The Hall–Kier alpha value is -2.37. The summed E-state index contributed by atoms with van der Waals surface area (Å²) in [4.78, 5) is 37.0. The van der Waals surface area contributed by atoms with Gasteiger partial charge in [-0.25, -0.2) is 0 Å². The molecule has 1 aliphatic heterocycles. The molecule has 2 N–H and O–H groups in total.